The molecule has 13 nitrogen and oxygen atoms in total. The van der Waals surface area contributed by atoms with Gasteiger partial charge in [-0.2, -0.15) is 0 Å². The number of rotatable bonds is 5. The number of piperidine rings is 1. The fourth-order valence-electron chi connectivity index (χ4n) is 4.16. The predicted molar refractivity (Wildman–Crippen MR) is 102 cm³/mol. The van der Waals surface area contributed by atoms with Crippen LogP contribution in [0.2, 0.25) is 0 Å². The van der Waals surface area contributed by atoms with Gasteiger partial charge in [-0.3, -0.25) is 9.69 Å². The van der Waals surface area contributed by atoms with E-state index >= 15 is 0 Å². The zero-order chi connectivity index (χ0) is 25.9. The second kappa shape index (κ2) is 8.35. The molecule has 1 unspecified atom stereocenters. The van der Waals surface area contributed by atoms with E-state index in [1.54, 1.807) is 0 Å². The second-order valence-electron chi connectivity index (χ2n) is 8.56. The number of benzene rings is 1. The fourth-order valence-corrected chi connectivity index (χ4v) is 4.16. The summed E-state index contributed by atoms with van der Waals surface area (Å²) in [6, 6.07) is 1.63. The zero-order valence-electron chi connectivity index (χ0n) is 17.8. The van der Waals surface area contributed by atoms with Crippen molar-refractivity contribution < 1.29 is 64.3 Å². The van der Waals surface area contributed by atoms with Crippen LogP contribution >= 0.6 is 0 Å². The molecule has 1 spiro atoms. The summed E-state index contributed by atoms with van der Waals surface area (Å²) in [5.74, 6) is -18.7. The van der Waals surface area contributed by atoms with Crippen molar-refractivity contribution in [1.82, 2.24) is 9.80 Å². The van der Waals surface area contributed by atoms with Crippen LogP contribution in [0, 0.1) is 11.6 Å². The van der Waals surface area contributed by atoms with Gasteiger partial charge < -0.3 is 50.7 Å². The number of amides is 1. The van der Waals surface area contributed by atoms with Gasteiger partial charge in [0.2, 0.25) is 0 Å². The third-order valence-corrected chi connectivity index (χ3v) is 6.20. The molecule has 0 bridgehead atoms. The Morgan fingerprint density at radius 3 is 2.06 bits per heavy atom. The summed E-state index contributed by atoms with van der Waals surface area (Å²) in [7, 11) is 0. The van der Waals surface area contributed by atoms with E-state index in [1.807, 2.05) is 0 Å². The van der Waals surface area contributed by atoms with Crippen LogP contribution in [0.25, 0.3) is 0 Å². The molecule has 15 heteroatoms. The molecule has 2 aliphatic heterocycles. The summed E-state index contributed by atoms with van der Waals surface area (Å²) in [6.07, 6.45) is -1.81. The number of carbonyl (C=O) groups is 1. The number of halogens is 2. The number of hydrogen-bond acceptors (Lipinski definition) is 12. The first-order valence-electron chi connectivity index (χ1n) is 10.1. The molecule has 1 aromatic rings. The summed E-state index contributed by atoms with van der Waals surface area (Å²) in [6.45, 7) is -0.290. The summed E-state index contributed by atoms with van der Waals surface area (Å²) in [5.41, 5.74) is -2.58. The number of ether oxygens (including phenoxy) is 1. The van der Waals surface area contributed by atoms with Gasteiger partial charge in [0, 0.05) is 13.1 Å². The summed E-state index contributed by atoms with van der Waals surface area (Å²) in [4.78, 5) is 13.2. The van der Waals surface area contributed by atoms with Gasteiger partial charge in [-0.25, -0.2) is 13.7 Å². The van der Waals surface area contributed by atoms with Crippen LogP contribution in [0.3, 0.4) is 0 Å². The Morgan fingerprint density at radius 1 is 0.971 bits per heavy atom. The highest BCUT2D eigenvalue weighted by atomic mass is 19.1. The molecule has 1 amide bonds. The molecule has 34 heavy (non-hydrogen) atoms. The van der Waals surface area contributed by atoms with Gasteiger partial charge in [0.05, 0.1) is 17.7 Å². The van der Waals surface area contributed by atoms with E-state index in [1.165, 1.54) is 6.92 Å². The number of carbonyl (C=O) groups excluding carboxylic acids is 1. The Bertz CT molecular complexity index is 943. The van der Waals surface area contributed by atoms with Gasteiger partial charge in [0.15, 0.2) is 0 Å². The van der Waals surface area contributed by atoms with Crippen LogP contribution in [-0.2, 0) is 15.3 Å². The van der Waals surface area contributed by atoms with E-state index in [4.69, 9.17) is 4.74 Å². The van der Waals surface area contributed by atoms with Crippen molar-refractivity contribution in [2.45, 2.75) is 55.1 Å². The largest absolute Gasteiger partial charge is 0.360 e. The number of aliphatic hydroxyl groups is 9. The molecule has 2 heterocycles. The van der Waals surface area contributed by atoms with E-state index in [0.717, 1.165) is 0 Å². The molecule has 192 valence electrons. The molecule has 9 N–H and O–H groups in total. The highest BCUT2D eigenvalue weighted by Crippen LogP contribution is 2.40. The van der Waals surface area contributed by atoms with E-state index in [2.05, 4.69) is 0 Å². The van der Waals surface area contributed by atoms with E-state index in [9.17, 15) is 59.5 Å². The maximum absolute atomic E-state index is 14.1. The van der Waals surface area contributed by atoms with Gasteiger partial charge in [0.25, 0.3) is 17.6 Å². The molecule has 2 fully saturated rings. The van der Waals surface area contributed by atoms with Crippen LogP contribution in [0.4, 0.5) is 8.78 Å². The molecule has 2 saturated heterocycles. The van der Waals surface area contributed by atoms with Crippen molar-refractivity contribution in [2.24, 2.45) is 0 Å². The lowest BCUT2D eigenvalue weighted by molar-refractivity contribution is -0.484. The lowest BCUT2D eigenvalue weighted by Crippen LogP contribution is -2.74. The summed E-state index contributed by atoms with van der Waals surface area (Å²) >= 11 is 0. The average molecular weight is 496 g/mol. The molecule has 0 aliphatic carbocycles. The quantitative estimate of drug-likeness (QED) is 0.179. The molecule has 0 radical (unpaired) electrons. The summed E-state index contributed by atoms with van der Waals surface area (Å²) < 4.78 is 33.3. The predicted octanol–water partition coefficient (Wildman–Crippen LogP) is -3.91. The zero-order valence-corrected chi connectivity index (χ0v) is 17.8. The topological polar surface area (TPSA) is 215 Å². The monoisotopic (exact) mass is 496 g/mol. The minimum Gasteiger partial charge on any atom is -0.360 e. The van der Waals surface area contributed by atoms with Crippen molar-refractivity contribution in [3.05, 3.63) is 35.4 Å². The first-order valence-corrected chi connectivity index (χ1v) is 10.1. The maximum atomic E-state index is 14.1. The number of likely N-dealkylation sites (tertiary alicyclic amines) is 1. The average Bonchev–Trinajstić information content (AvgIpc) is 2.71. The lowest BCUT2D eigenvalue weighted by atomic mass is 9.86. The normalized spacial score (nSPS) is 23.0. The van der Waals surface area contributed by atoms with E-state index < -0.39 is 78.0 Å². The number of nitrogens with zero attached hydrogens (tertiary/aromatic N) is 2. The fraction of sp³-hybridized carbons (Fsp3) is 0.632. The van der Waals surface area contributed by atoms with Crippen LogP contribution in [0.15, 0.2) is 18.2 Å². The van der Waals surface area contributed by atoms with E-state index in [-0.39, 0.29) is 17.7 Å². The van der Waals surface area contributed by atoms with Crippen molar-refractivity contribution in [3.8, 4) is 0 Å². The number of morpholine rings is 1. The van der Waals surface area contributed by atoms with Crippen LogP contribution in [0.5, 0.6) is 0 Å². The first kappa shape index (κ1) is 26.7. The Labute approximate surface area is 190 Å². The Hall–Kier alpha value is -1.89. The van der Waals surface area contributed by atoms with Gasteiger partial charge in [-0.15, -0.1) is 0 Å². The molecule has 0 aromatic heterocycles. The second-order valence-corrected chi connectivity index (χ2v) is 8.56. The highest BCUT2D eigenvalue weighted by Gasteiger charge is 2.61. The minimum absolute atomic E-state index is 0.173. The van der Waals surface area contributed by atoms with Crippen LogP contribution in [0.1, 0.15) is 25.3 Å². The minimum atomic E-state index is -4.12. The third-order valence-electron chi connectivity index (χ3n) is 6.20. The maximum Gasteiger partial charge on any atom is 0.355 e. The first-order chi connectivity index (χ1) is 15.4. The molecule has 1 atom stereocenters. The van der Waals surface area contributed by atoms with Gasteiger partial charge >= 0.3 is 11.9 Å². The third kappa shape index (κ3) is 4.29. The van der Waals surface area contributed by atoms with Crippen LogP contribution in [-0.4, -0.2) is 111 Å². The molecular formula is C19H26F2N2O11. The summed E-state index contributed by atoms with van der Waals surface area (Å²) in [5, 5.41) is 89.5. The van der Waals surface area contributed by atoms with Crippen molar-refractivity contribution >= 4 is 5.91 Å². The highest BCUT2D eigenvalue weighted by molar-refractivity contribution is 5.82. The molecule has 1 aromatic carbocycles. The molecule has 2 aliphatic rings. The van der Waals surface area contributed by atoms with Gasteiger partial charge in [-0.1, -0.05) is 0 Å². The Kier molecular flexibility index (Phi) is 6.56. The Balaban J connectivity index is 1.83. The van der Waals surface area contributed by atoms with Gasteiger partial charge in [0.1, 0.15) is 17.7 Å². The molecular weight excluding hydrogens is 470 g/mol. The van der Waals surface area contributed by atoms with Crippen LogP contribution < -0.4 is 0 Å². The smallest absolute Gasteiger partial charge is 0.355 e. The Morgan fingerprint density at radius 2 is 1.53 bits per heavy atom. The SMILES string of the molecule is CC1OC2(CCN(C(O)(O)C(O)(O)c3cc(F)ccc3F)CC2)CN(C(O)(O)C(O)(O)O)C1=O. The molecule has 0 saturated carbocycles. The molecule has 3 rings (SSSR count). The lowest BCUT2D eigenvalue weighted by Gasteiger charge is -2.54. The van der Waals surface area contributed by atoms with E-state index in [0.29, 0.717) is 23.1 Å². The van der Waals surface area contributed by atoms with Crippen molar-refractivity contribution in [2.75, 3.05) is 19.6 Å². The van der Waals surface area contributed by atoms with Crippen molar-refractivity contribution in [3.63, 3.8) is 0 Å². The number of hydrogen-bond donors (Lipinski definition) is 9. The van der Waals surface area contributed by atoms with Crippen molar-refractivity contribution in [1.29, 1.82) is 0 Å². The standard InChI is InChI=1S/C19H26F2N2O11/c1-10-14(24)23(18(29,30)19(31,32)33)9-15(34-10)4-6-22(7-5-15)17(27,28)16(25,26)12-8-11(20)2-3-13(12)21/h2-3,8,10,25-33H,4-7,9H2,1H3. The van der Waals surface area contributed by atoms with Gasteiger partial charge in [-0.05, 0) is 38.0 Å².